The first-order valence-corrected chi connectivity index (χ1v) is 7.78. The van der Waals surface area contributed by atoms with E-state index in [9.17, 15) is 0 Å². The van der Waals surface area contributed by atoms with Crippen molar-refractivity contribution in [2.75, 3.05) is 23.7 Å². The quantitative estimate of drug-likeness (QED) is 0.616. The largest absolute Gasteiger partial charge is 0.332 e. The molecule has 116 valence electrons. The molecule has 5 heteroatoms. The number of thiocarbonyl (C=S) groups is 1. The molecule has 0 spiro atoms. The summed E-state index contributed by atoms with van der Waals surface area (Å²) < 4.78 is 0. The maximum atomic E-state index is 5.54. The van der Waals surface area contributed by atoms with Crippen molar-refractivity contribution < 1.29 is 0 Å². The molecule has 0 aliphatic rings. The van der Waals surface area contributed by atoms with E-state index in [1.807, 2.05) is 24.3 Å². The molecule has 0 fully saturated rings. The molecule has 4 nitrogen and oxygen atoms in total. The molecule has 0 radical (unpaired) electrons. The fourth-order valence-electron chi connectivity index (χ4n) is 2.14. The van der Waals surface area contributed by atoms with E-state index in [-0.39, 0.29) is 0 Å². The van der Waals surface area contributed by atoms with E-state index < -0.39 is 0 Å². The Morgan fingerprint density at radius 1 is 0.727 bits per heavy atom. The van der Waals surface area contributed by atoms with Crippen LogP contribution in [0.2, 0.25) is 0 Å². The molecule has 2 aromatic carbocycles. The van der Waals surface area contributed by atoms with Crippen LogP contribution < -0.4 is 22.1 Å². The maximum absolute atomic E-state index is 5.54. The van der Waals surface area contributed by atoms with E-state index in [0.29, 0.717) is 18.2 Å². The Morgan fingerprint density at radius 2 is 1.09 bits per heavy atom. The normalized spacial score (nSPS) is 10.3. The molecule has 0 heterocycles. The van der Waals surface area contributed by atoms with Crippen LogP contribution in [-0.2, 0) is 12.8 Å². The molecule has 0 atom stereocenters. The fourth-order valence-corrected chi connectivity index (χ4v) is 2.37. The smallest absolute Gasteiger partial charge is 0.175 e. The third-order valence-electron chi connectivity index (χ3n) is 3.29. The Kier molecular flexibility index (Phi) is 6.33. The van der Waals surface area contributed by atoms with Gasteiger partial charge in [0.05, 0.1) is 0 Å². The van der Waals surface area contributed by atoms with E-state index in [1.54, 1.807) is 0 Å². The molecular formula is C17H22N4S. The summed E-state index contributed by atoms with van der Waals surface area (Å²) in [5.74, 6) is 0. The molecule has 0 unspecified atom stereocenters. The van der Waals surface area contributed by atoms with Crippen LogP contribution in [-0.4, -0.2) is 18.2 Å². The van der Waals surface area contributed by atoms with Gasteiger partial charge in [0, 0.05) is 11.4 Å². The fraction of sp³-hybridized carbons (Fsp3) is 0.235. The summed E-state index contributed by atoms with van der Waals surface area (Å²) >= 11 is 5.32. The van der Waals surface area contributed by atoms with Crippen LogP contribution in [0.25, 0.3) is 0 Å². The standard InChI is InChI=1S/C17H22N4S/c18-11-9-13-1-5-15(6-2-13)20-17(22)21-16-7-3-14(4-8-16)10-12-19/h1-8H,9-12,18-19H2,(H2,20,21,22). The summed E-state index contributed by atoms with van der Waals surface area (Å²) in [6.45, 7) is 1.32. The van der Waals surface area contributed by atoms with Crippen LogP contribution in [0.15, 0.2) is 48.5 Å². The van der Waals surface area contributed by atoms with Gasteiger partial charge in [-0.2, -0.15) is 0 Å². The first-order chi connectivity index (χ1) is 10.7. The Labute approximate surface area is 136 Å². The summed E-state index contributed by atoms with van der Waals surface area (Å²) in [4.78, 5) is 0. The van der Waals surface area contributed by atoms with Crippen LogP contribution in [0.3, 0.4) is 0 Å². The Morgan fingerprint density at radius 3 is 1.41 bits per heavy atom. The predicted molar refractivity (Wildman–Crippen MR) is 98.2 cm³/mol. The molecule has 0 bridgehead atoms. The zero-order chi connectivity index (χ0) is 15.8. The van der Waals surface area contributed by atoms with Gasteiger partial charge >= 0.3 is 0 Å². The molecular weight excluding hydrogens is 292 g/mol. The SMILES string of the molecule is NCCc1ccc(NC(=S)Nc2ccc(CCN)cc2)cc1. The molecule has 2 aromatic rings. The van der Waals surface area contributed by atoms with Crippen molar-refractivity contribution in [3.63, 3.8) is 0 Å². The average Bonchev–Trinajstić information content (AvgIpc) is 2.52. The van der Waals surface area contributed by atoms with Crippen molar-refractivity contribution in [3.05, 3.63) is 59.7 Å². The summed E-state index contributed by atoms with van der Waals surface area (Å²) in [7, 11) is 0. The van der Waals surface area contributed by atoms with Crippen molar-refractivity contribution in [2.24, 2.45) is 11.5 Å². The third-order valence-corrected chi connectivity index (χ3v) is 3.49. The predicted octanol–water partition coefficient (Wildman–Crippen LogP) is 2.50. The average molecular weight is 314 g/mol. The first kappa shape index (κ1) is 16.4. The lowest BCUT2D eigenvalue weighted by atomic mass is 10.1. The summed E-state index contributed by atoms with van der Waals surface area (Å²) in [6.07, 6.45) is 1.77. The van der Waals surface area contributed by atoms with Gasteiger partial charge in [0.1, 0.15) is 0 Å². The van der Waals surface area contributed by atoms with Crippen molar-refractivity contribution >= 4 is 28.7 Å². The van der Waals surface area contributed by atoms with Gasteiger partial charge in [-0.15, -0.1) is 0 Å². The highest BCUT2D eigenvalue weighted by atomic mass is 32.1. The van der Waals surface area contributed by atoms with Gasteiger partial charge in [-0.05, 0) is 73.5 Å². The number of nitrogens with two attached hydrogens (primary N) is 2. The van der Waals surface area contributed by atoms with E-state index in [0.717, 1.165) is 24.2 Å². The Balaban J connectivity index is 1.89. The molecule has 0 aromatic heterocycles. The highest BCUT2D eigenvalue weighted by Crippen LogP contribution is 2.13. The molecule has 2 rings (SSSR count). The minimum atomic E-state index is 0.568. The number of hydrogen-bond donors (Lipinski definition) is 4. The molecule has 6 N–H and O–H groups in total. The minimum absolute atomic E-state index is 0.568. The van der Waals surface area contributed by atoms with Crippen LogP contribution in [0, 0.1) is 0 Å². The van der Waals surface area contributed by atoms with Gasteiger partial charge in [-0.3, -0.25) is 0 Å². The monoisotopic (exact) mass is 314 g/mol. The number of anilines is 2. The summed E-state index contributed by atoms with van der Waals surface area (Å²) in [5.41, 5.74) is 15.4. The van der Waals surface area contributed by atoms with Crippen molar-refractivity contribution in [1.82, 2.24) is 0 Å². The van der Waals surface area contributed by atoms with Crippen LogP contribution in [0.5, 0.6) is 0 Å². The van der Waals surface area contributed by atoms with Crippen LogP contribution >= 0.6 is 12.2 Å². The topological polar surface area (TPSA) is 76.1 Å². The zero-order valence-corrected chi connectivity index (χ0v) is 13.3. The highest BCUT2D eigenvalue weighted by Gasteiger charge is 2.00. The van der Waals surface area contributed by atoms with Crippen LogP contribution in [0.4, 0.5) is 11.4 Å². The molecule has 0 saturated heterocycles. The second kappa shape index (κ2) is 8.48. The second-order valence-electron chi connectivity index (χ2n) is 5.05. The van der Waals surface area contributed by atoms with Gasteiger partial charge in [0.2, 0.25) is 0 Å². The van der Waals surface area contributed by atoms with Gasteiger partial charge in [0.15, 0.2) is 5.11 Å². The van der Waals surface area contributed by atoms with E-state index in [1.165, 1.54) is 11.1 Å². The van der Waals surface area contributed by atoms with E-state index in [2.05, 4.69) is 34.9 Å². The van der Waals surface area contributed by atoms with E-state index >= 15 is 0 Å². The molecule has 0 amide bonds. The lowest BCUT2D eigenvalue weighted by molar-refractivity contribution is 0.969. The number of benzene rings is 2. The zero-order valence-electron chi connectivity index (χ0n) is 12.5. The summed E-state index contributed by atoms with van der Waals surface area (Å²) in [5, 5.41) is 6.90. The van der Waals surface area contributed by atoms with Crippen molar-refractivity contribution in [3.8, 4) is 0 Å². The first-order valence-electron chi connectivity index (χ1n) is 7.37. The highest BCUT2D eigenvalue weighted by molar-refractivity contribution is 7.80. The van der Waals surface area contributed by atoms with Crippen molar-refractivity contribution in [2.45, 2.75) is 12.8 Å². The Hall–Kier alpha value is -1.95. The van der Waals surface area contributed by atoms with Gasteiger partial charge in [-0.25, -0.2) is 0 Å². The molecule has 0 aliphatic heterocycles. The van der Waals surface area contributed by atoms with E-state index in [4.69, 9.17) is 23.7 Å². The minimum Gasteiger partial charge on any atom is -0.332 e. The van der Waals surface area contributed by atoms with Crippen LogP contribution in [0.1, 0.15) is 11.1 Å². The number of rotatable bonds is 6. The molecule has 0 saturated carbocycles. The maximum Gasteiger partial charge on any atom is 0.175 e. The van der Waals surface area contributed by atoms with Gasteiger partial charge in [0.25, 0.3) is 0 Å². The summed E-state index contributed by atoms with van der Waals surface area (Å²) in [6, 6.07) is 16.2. The van der Waals surface area contributed by atoms with Crippen molar-refractivity contribution in [1.29, 1.82) is 0 Å². The second-order valence-corrected chi connectivity index (χ2v) is 5.46. The number of hydrogen-bond acceptors (Lipinski definition) is 3. The molecule has 0 aliphatic carbocycles. The van der Waals surface area contributed by atoms with Gasteiger partial charge < -0.3 is 22.1 Å². The van der Waals surface area contributed by atoms with Gasteiger partial charge in [-0.1, -0.05) is 24.3 Å². The number of nitrogens with one attached hydrogen (secondary N) is 2. The lowest BCUT2D eigenvalue weighted by Gasteiger charge is -2.11. The molecule has 22 heavy (non-hydrogen) atoms. The lowest BCUT2D eigenvalue weighted by Crippen LogP contribution is -2.19. The third kappa shape index (κ3) is 5.11. The Bertz CT molecular complexity index is 540.